The van der Waals surface area contributed by atoms with Crippen molar-refractivity contribution in [1.82, 2.24) is 0 Å². The lowest BCUT2D eigenvalue weighted by molar-refractivity contribution is -0.238. The fraction of sp³-hybridized carbons (Fsp3) is 0.667. The summed E-state index contributed by atoms with van der Waals surface area (Å²) in [6.07, 6.45) is 2.33. The SMILES string of the molecule is CCC1(COC(OCC2(CC)COC2)c2ccccc2C(=O)c2ccccc2C(OCC2(CC)COC2)OCC2(CC)COC2)COC1. The van der Waals surface area contributed by atoms with Gasteiger partial charge in [-0.25, -0.2) is 0 Å². The van der Waals surface area contributed by atoms with Gasteiger partial charge >= 0.3 is 0 Å². The molecule has 0 atom stereocenters. The van der Waals surface area contributed by atoms with E-state index in [1.807, 2.05) is 48.5 Å². The van der Waals surface area contributed by atoms with Crippen LogP contribution in [0.4, 0.5) is 0 Å². The average molecular weight is 667 g/mol. The van der Waals surface area contributed by atoms with Crippen molar-refractivity contribution in [2.75, 3.05) is 79.3 Å². The summed E-state index contributed by atoms with van der Waals surface area (Å²) in [5.74, 6) is -0.126. The fourth-order valence-corrected chi connectivity index (χ4v) is 6.55. The van der Waals surface area contributed by atoms with Gasteiger partial charge in [-0.05, 0) is 25.7 Å². The third-order valence-electron chi connectivity index (χ3n) is 11.3. The van der Waals surface area contributed by atoms with Gasteiger partial charge in [0.05, 0.1) is 79.3 Å². The molecule has 4 fully saturated rings. The molecule has 0 N–H and O–H groups in total. The molecular formula is C39H54O9. The Hall–Kier alpha value is -2.21. The van der Waals surface area contributed by atoms with Gasteiger partial charge in [-0.3, -0.25) is 4.79 Å². The molecule has 0 radical (unpaired) electrons. The van der Waals surface area contributed by atoms with Crippen LogP contribution < -0.4 is 0 Å². The average Bonchev–Trinajstić information content (AvgIpc) is 3.04. The van der Waals surface area contributed by atoms with Gasteiger partial charge in [0.15, 0.2) is 18.4 Å². The lowest BCUT2D eigenvalue weighted by Crippen LogP contribution is -2.47. The van der Waals surface area contributed by atoms with Gasteiger partial charge < -0.3 is 37.9 Å². The number of rotatable bonds is 20. The molecule has 0 spiro atoms. The first-order valence-corrected chi connectivity index (χ1v) is 17.8. The van der Waals surface area contributed by atoms with Crippen molar-refractivity contribution >= 4 is 5.78 Å². The summed E-state index contributed by atoms with van der Waals surface area (Å²) < 4.78 is 48.6. The van der Waals surface area contributed by atoms with Crippen molar-refractivity contribution in [1.29, 1.82) is 0 Å². The number of ether oxygens (including phenoxy) is 8. The predicted octanol–water partition coefficient (Wildman–Crippen LogP) is 6.69. The highest BCUT2D eigenvalue weighted by Crippen LogP contribution is 2.40. The lowest BCUT2D eigenvalue weighted by atomic mass is 9.84. The lowest BCUT2D eigenvalue weighted by Gasteiger charge is -2.43. The molecule has 264 valence electrons. The van der Waals surface area contributed by atoms with Crippen LogP contribution in [0.25, 0.3) is 0 Å². The summed E-state index contributed by atoms with van der Waals surface area (Å²) in [4.78, 5) is 14.7. The normalized spacial score (nSPS) is 21.6. The number of carbonyl (C=O) groups is 1. The summed E-state index contributed by atoms with van der Waals surface area (Å²) in [7, 11) is 0. The third-order valence-corrected chi connectivity index (χ3v) is 11.3. The van der Waals surface area contributed by atoms with E-state index in [1.165, 1.54) is 0 Å². The summed E-state index contributed by atoms with van der Waals surface area (Å²) in [5, 5.41) is 0. The van der Waals surface area contributed by atoms with Crippen LogP contribution in [0.15, 0.2) is 48.5 Å². The van der Waals surface area contributed by atoms with E-state index >= 15 is 0 Å². The van der Waals surface area contributed by atoms with E-state index < -0.39 is 12.6 Å². The maximum absolute atomic E-state index is 14.7. The quantitative estimate of drug-likeness (QED) is 0.113. The molecule has 0 amide bonds. The minimum atomic E-state index is -0.722. The van der Waals surface area contributed by atoms with Crippen LogP contribution in [-0.2, 0) is 37.9 Å². The van der Waals surface area contributed by atoms with Crippen molar-refractivity contribution in [3.05, 3.63) is 70.8 Å². The van der Waals surface area contributed by atoms with Gasteiger partial charge in [0.1, 0.15) is 0 Å². The van der Waals surface area contributed by atoms with Gasteiger partial charge in [0.25, 0.3) is 0 Å². The summed E-state index contributed by atoms with van der Waals surface area (Å²) in [6, 6.07) is 15.3. The van der Waals surface area contributed by atoms with Gasteiger partial charge in [-0.15, -0.1) is 0 Å². The van der Waals surface area contributed by atoms with Crippen molar-refractivity contribution < 1.29 is 42.7 Å². The van der Waals surface area contributed by atoms with Crippen LogP contribution >= 0.6 is 0 Å². The Labute approximate surface area is 285 Å². The summed E-state index contributed by atoms with van der Waals surface area (Å²) >= 11 is 0. The van der Waals surface area contributed by atoms with E-state index in [0.717, 1.165) is 25.7 Å². The first kappa shape index (κ1) is 35.6. The Balaban J connectivity index is 1.28. The molecule has 0 unspecified atom stereocenters. The minimum Gasteiger partial charge on any atom is -0.380 e. The molecule has 0 saturated carbocycles. The van der Waals surface area contributed by atoms with E-state index in [2.05, 4.69) is 27.7 Å². The molecule has 4 saturated heterocycles. The van der Waals surface area contributed by atoms with E-state index in [9.17, 15) is 4.79 Å². The summed E-state index contributed by atoms with van der Waals surface area (Å²) in [6.45, 7) is 15.9. The third kappa shape index (κ3) is 7.44. The van der Waals surface area contributed by atoms with E-state index in [1.54, 1.807) is 0 Å². The standard InChI is InChI=1S/C39H54O9/c1-5-36(17-41-18-36)25-45-34(46-26-37(6-2)19-42-20-37)31-15-11-9-13-29(31)33(40)30-14-10-12-16-32(30)35(47-27-38(7-3)21-43-22-38)48-28-39(8-4)23-44-24-39/h9-16,34-35H,5-8,17-28H2,1-4H3. The molecule has 9 nitrogen and oxygen atoms in total. The fourth-order valence-electron chi connectivity index (χ4n) is 6.55. The zero-order chi connectivity index (χ0) is 33.7. The van der Waals surface area contributed by atoms with Crippen LogP contribution in [0, 0.1) is 21.7 Å². The van der Waals surface area contributed by atoms with Crippen LogP contribution in [0.2, 0.25) is 0 Å². The van der Waals surface area contributed by atoms with Crippen LogP contribution in [-0.4, -0.2) is 85.1 Å². The van der Waals surface area contributed by atoms with E-state index in [-0.39, 0.29) is 27.4 Å². The Kier molecular flexibility index (Phi) is 11.4. The van der Waals surface area contributed by atoms with Crippen molar-refractivity contribution in [3.8, 4) is 0 Å². The molecule has 2 aromatic carbocycles. The zero-order valence-electron chi connectivity index (χ0n) is 29.3. The van der Waals surface area contributed by atoms with E-state index in [4.69, 9.17) is 37.9 Å². The number of ketones is 1. The van der Waals surface area contributed by atoms with Crippen LogP contribution in [0.1, 0.15) is 93.0 Å². The Bertz CT molecular complexity index is 1180. The Morgan fingerprint density at radius 3 is 1.02 bits per heavy atom. The predicted molar refractivity (Wildman–Crippen MR) is 180 cm³/mol. The van der Waals surface area contributed by atoms with Crippen molar-refractivity contribution in [2.24, 2.45) is 21.7 Å². The Morgan fingerprint density at radius 2 is 0.792 bits per heavy atom. The molecule has 0 aliphatic carbocycles. The maximum atomic E-state index is 14.7. The molecule has 48 heavy (non-hydrogen) atoms. The highest BCUT2D eigenvalue weighted by molar-refractivity contribution is 6.11. The molecule has 4 heterocycles. The largest absolute Gasteiger partial charge is 0.380 e. The second-order valence-electron chi connectivity index (χ2n) is 14.8. The van der Waals surface area contributed by atoms with Crippen LogP contribution in [0.5, 0.6) is 0 Å². The highest BCUT2D eigenvalue weighted by atomic mass is 16.7. The monoisotopic (exact) mass is 666 g/mol. The number of carbonyl (C=O) groups excluding carboxylic acids is 1. The molecular weight excluding hydrogens is 612 g/mol. The van der Waals surface area contributed by atoms with E-state index in [0.29, 0.717) is 102 Å². The minimum absolute atomic E-state index is 0.0419. The molecule has 0 aromatic heterocycles. The zero-order valence-corrected chi connectivity index (χ0v) is 29.3. The maximum Gasteiger partial charge on any atom is 0.193 e. The molecule has 4 aliphatic heterocycles. The Morgan fingerprint density at radius 1 is 0.521 bits per heavy atom. The second-order valence-corrected chi connectivity index (χ2v) is 14.8. The topological polar surface area (TPSA) is 90.9 Å². The van der Waals surface area contributed by atoms with Crippen LogP contribution in [0.3, 0.4) is 0 Å². The first-order valence-electron chi connectivity index (χ1n) is 17.8. The second kappa shape index (κ2) is 15.4. The molecule has 2 aromatic rings. The smallest absolute Gasteiger partial charge is 0.193 e. The molecule has 0 bridgehead atoms. The molecule has 9 heteroatoms. The molecule has 4 aliphatic rings. The van der Waals surface area contributed by atoms with Gasteiger partial charge in [0.2, 0.25) is 0 Å². The van der Waals surface area contributed by atoms with Gasteiger partial charge in [0, 0.05) is 43.9 Å². The number of hydrogen-bond acceptors (Lipinski definition) is 9. The summed E-state index contributed by atoms with van der Waals surface area (Å²) in [5.41, 5.74) is 2.33. The number of hydrogen-bond donors (Lipinski definition) is 0. The number of benzene rings is 2. The van der Waals surface area contributed by atoms with Crippen molar-refractivity contribution in [2.45, 2.75) is 66.0 Å². The van der Waals surface area contributed by atoms with Crippen molar-refractivity contribution in [3.63, 3.8) is 0 Å². The first-order chi connectivity index (χ1) is 23.3. The highest BCUT2D eigenvalue weighted by Gasteiger charge is 2.43. The van der Waals surface area contributed by atoms with Gasteiger partial charge in [-0.1, -0.05) is 76.2 Å². The van der Waals surface area contributed by atoms with Gasteiger partial charge in [-0.2, -0.15) is 0 Å². The molecule has 6 rings (SSSR count).